The Morgan fingerprint density at radius 2 is 1.94 bits per heavy atom. The molecular formula is C12H25NO2S. The fourth-order valence-corrected chi connectivity index (χ4v) is 3.51. The molecule has 1 saturated carbocycles. The normalized spacial score (nSPS) is 20.1. The van der Waals surface area contributed by atoms with Gasteiger partial charge in [-0.1, -0.05) is 32.6 Å². The van der Waals surface area contributed by atoms with E-state index in [0.29, 0.717) is 0 Å². The molecular weight excluding hydrogens is 222 g/mol. The maximum Gasteiger partial charge on any atom is 0.151 e. The lowest BCUT2D eigenvalue weighted by atomic mass is 10.0. The molecule has 0 bridgehead atoms. The summed E-state index contributed by atoms with van der Waals surface area (Å²) in [6.07, 6.45) is 6.69. The lowest BCUT2D eigenvalue weighted by Crippen LogP contribution is -2.34. The predicted molar refractivity (Wildman–Crippen MR) is 68.4 cm³/mol. The van der Waals surface area contributed by atoms with Crippen LogP contribution in [0.25, 0.3) is 0 Å². The van der Waals surface area contributed by atoms with Crippen molar-refractivity contribution in [2.45, 2.75) is 52.0 Å². The highest BCUT2D eigenvalue weighted by molar-refractivity contribution is 7.91. The second-order valence-electron chi connectivity index (χ2n) is 4.99. The topological polar surface area (TPSA) is 46.2 Å². The van der Waals surface area contributed by atoms with Crippen LogP contribution < -0.4 is 5.32 Å². The molecule has 1 unspecified atom stereocenters. The van der Waals surface area contributed by atoms with Crippen molar-refractivity contribution in [1.29, 1.82) is 0 Å². The number of sulfone groups is 1. The minimum Gasteiger partial charge on any atom is -0.313 e. The summed E-state index contributed by atoms with van der Waals surface area (Å²) in [5, 5.41) is 3.32. The molecule has 16 heavy (non-hydrogen) atoms. The van der Waals surface area contributed by atoms with Crippen LogP contribution in [-0.4, -0.2) is 32.5 Å². The van der Waals surface area contributed by atoms with E-state index in [4.69, 9.17) is 0 Å². The molecule has 4 heteroatoms. The lowest BCUT2D eigenvalue weighted by molar-refractivity contribution is 0.458. The van der Waals surface area contributed by atoms with Gasteiger partial charge >= 0.3 is 0 Å². The van der Waals surface area contributed by atoms with Crippen LogP contribution in [0.5, 0.6) is 0 Å². The highest BCUT2D eigenvalue weighted by Gasteiger charge is 2.16. The molecule has 0 radical (unpaired) electrons. The van der Waals surface area contributed by atoms with E-state index in [1.807, 2.05) is 6.92 Å². The molecule has 0 heterocycles. The van der Waals surface area contributed by atoms with Gasteiger partial charge in [-0.05, 0) is 25.8 Å². The first-order chi connectivity index (χ1) is 7.53. The zero-order chi connectivity index (χ0) is 12.0. The molecule has 0 aromatic carbocycles. The molecule has 1 atom stereocenters. The van der Waals surface area contributed by atoms with Crippen LogP contribution in [-0.2, 0) is 9.84 Å². The summed E-state index contributed by atoms with van der Waals surface area (Å²) in [6, 6.07) is 0.0892. The summed E-state index contributed by atoms with van der Waals surface area (Å²) in [7, 11) is -2.83. The molecule has 1 N–H and O–H groups in total. The summed E-state index contributed by atoms with van der Waals surface area (Å²) < 4.78 is 22.8. The van der Waals surface area contributed by atoms with Gasteiger partial charge < -0.3 is 5.32 Å². The molecule has 1 aliphatic rings. The molecule has 0 aliphatic heterocycles. The van der Waals surface area contributed by atoms with Gasteiger partial charge in [0.25, 0.3) is 0 Å². The van der Waals surface area contributed by atoms with Gasteiger partial charge in [0, 0.05) is 11.8 Å². The van der Waals surface area contributed by atoms with Crippen LogP contribution >= 0.6 is 0 Å². The molecule has 1 fully saturated rings. The quantitative estimate of drug-likeness (QED) is 0.748. The minimum atomic E-state index is -2.83. The Hall–Kier alpha value is -0.0900. The van der Waals surface area contributed by atoms with E-state index in [1.165, 1.54) is 32.1 Å². The highest BCUT2D eigenvalue weighted by atomic mass is 32.2. The van der Waals surface area contributed by atoms with Gasteiger partial charge in [0.1, 0.15) is 0 Å². The van der Waals surface area contributed by atoms with Crippen molar-refractivity contribution in [3.8, 4) is 0 Å². The van der Waals surface area contributed by atoms with Crippen molar-refractivity contribution in [2.24, 2.45) is 5.92 Å². The van der Waals surface area contributed by atoms with Gasteiger partial charge in [0.2, 0.25) is 0 Å². The van der Waals surface area contributed by atoms with Crippen molar-refractivity contribution >= 4 is 9.84 Å². The van der Waals surface area contributed by atoms with E-state index in [9.17, 15) is 8.42 Å². The van der Waals surface area contributed by atoms with Crippen molar-refractivity contribution in [3.63, 3.8) is 0 Å². The van der Waals surface area contributed by atoms with E-state index >= 15 is 0 Å². The Labute approximate surface area is 99.9 Å². The van der Waals surface area contributed by atoms with Crippen LogP contribution in [0.1, 0.15) is 46.0 Å². The average molecular weight is 247 g/mol. The van der Waals surface area contributed by atoms with E-state index in [2.05, 4.69) is 5.32 Å². The summed E-state index contributed by atoms with van der Waals surface area (Å²) in [6.45, 7) is 4.63. The van der Waals surface area contributed by atoms with Crippen molar-refractivity contribution < 1.29 is 8.42 Å². The zero-order valence-electron chi connectivity index (χ0n) is 10.5. The van der Waals surface area contributed by atoms with Crippen LogP contribution in [0.4, 0.5) is 0 Å². The Kier molecular flexibility index (Phi) is 5.76. The molecule has 0 spiro atoms. The van der Waals surface area contributed by atoms with Crippen LogP contribution in [0.2, 0.25) is 0 Å². The number of rotatable bonds is 7. The monoisotopic (exact) mass is 247 g/mol. The van der Waals surface area contributed by atoms with Gasteiger partial charge in [-0.3, -0.25) is 0 Å². The van der Waals surface area contributed by atoms with Crippen LogP contribution in [0.15, 0.2) is 0 Å². The van der Waals surface area contributed by atoms with Gasteiger partial charge in [-0.2, -0.15) is 0 Å². The predicted octanol–water partition coefficient (Wildman–Crippen LogP) is 1.98. The molecule has 3 nitrogen and oxygen atoms in total. The summed E-state index contributed by atoms with van der Waals surface area (Å²) in [4.78, 5) is 0. The SMILES string of the molecule is CCS(=O)(=O)CC(C)NCCC1CCCC1. The molecule has 0 amide bonds. The van der Waals surface area contributed by atoms with Gasteiger partial charge in [-0.15, -0.1) is 0 Å². The minimum absolute atomic E-state index is 0.0892. The Balaban J connectivity index is 2.12. The fourth-order valence-electron chi connectivity index (χ4n) is 2.39. The van der Waals surface area contributed by atoms with Crippen molar-refractivity contribution in [3.05, 3.63) is 0 Å². The molecule has 0 saturated heterocycles. The average Bonchev–Trinajstić information content (AvgIpc) is 2.70. The molecule has 1 rings (SSSR count). The van der Waals surface area contributed by atoms with E-state index in [-0.39, 0.29) is 17.5 Å². The molecule has 1 aliphatic carbocycles. The number of nitrogens with one attached hydrogen (secondary N) is 1. The standard InChI is InChI=1S/C12H25NO2S/c1-3-16(14,15)10-11(2)13-9-8-12-6-4-5-7-12/h11-13H,3-10H2,1-2H3. The summed E-state index contributed by atoms with van der Waals surface area (Å²) in [5.74, 6) is 1.40. The van der Waals surface area contributed by atoms with E-state index in [1.54, 1.807) is 6.92 Å². The smallest absolute Gasteiger partial charge is 0.151 e. The van der Waals surface area contributed by atoms with Crippen LogP contribution in [0, 0.1) is 5.92 Å². The van der Waals surface area contributed by atoms with Crippen molar-refractivity contribution in [1.82, 2.24) is 5.32 Å². The third-order valence-corrected chi connectivity index (χ3v) is 5.35. The third kappa shape index (κ3) is 5.30. The first kappa shape index (κ1) is 14.0. The highest BCUT2D eigenvalue weighted by Crippen LogP contribution is 2.26. The van der Waals surface area contributed by atoms with Crippen LogP contribution in [0.3, 0.4) is 0 Å². The first-order valence-corrected chi connectivity index (χ1v) is 8.29. The largest absolute Gasteiger partial charge is 0.313 e. The zero-order valence-corrected chi connectivity index (χ0v) is 11.4. The number of hydrogen-bond donors (Lipinski definition) is 1. The fraction of sp³-hybridized carbons (Fsp3) is 1.00. The van der Waals surface area contributed by atoms with E-state index < -0.39 is 9.84 Å². The summed E-state index contributed by atoms with van der Waals surface area (Å²) in [5.41, 5.74) is 0. The summed E-state index contributed by atoms with van der Waals surface area (Å²) >= 11 is 0. The number of hydrogen-bond acceptors (Lipinski definition) is 3. The second-order valence-corrected chi connectivity index (χ2v) is 7.39. The van der Waals surface area contributed by atoms with E-state index in [0.717, 1.165) is 12.5 Å². The second kappa shape index (κ2) is 6.60. The van der Waals surface area contributed by atoms with Crippen molar-refractivity contribution in [2.75, 3.05) is 18.1 Å². The third-order valence-electron chi connectivity index (χ3n) is 3.46. The van der Waals surface area contributed by atoms with Gasteiger partial charge in [-0.25, -0.2) is 8.42 Å². The van der Waals surface area contributed by atoms with Gasteiger partial charge in [0.15, 0.2) is 9.84 Å². The first-order valence-electron chi connectivity index (χ1n) is 6.47. The Morgan fingerprint density at radius 1 is 1.31 bits per heavy atom. The molecule has 0 aromatic heterocycles. The Morgan fingerprint density at radius 3 is 2.50 bits per heavy atom. The molecule has 96 valence electrons. The van der Waals surface area contributed by atoms with Gasteiger partial charge in [0.05, 0.1) is 5.75 Å². The lowest BCUT2D eigenvalue weighted by Gasteiger charge is -2.15. The maximum absolute atomic E-state index is 11.4. The maximum atomic E-state index is 11.4. The Bertz CT molecular complexity index is 281. The molecule has 0 aromatic rings.